The summed E-state index contributed by atoms with van der Waals surface area (Å²) >= 11 is 0. The quantitative estimate of drug-likeness (QED) is 0.612. The Morgan fingerprint density at radius 1 is 1.27 bits per heavy atom. The van der Waals surface area contributed by atoms with Gasteiger partial charge in [0, 0.05) is 0 Å². The molecule has 0 amide bonds. The highest BCUT2D eigenvalue weighted by Gasteiger charge is 2.09. The second kappa shape index (κ2) is 4.22. The second-order valence-electron chi connectivity index (χ2n) is 3.04. The minimum Gasteiger partial charge on any atom is -0.404 e. The van der Waals surface area contributed by atoms with Crippen molar-refractivity contribution in [2.45, 2.75) is 39.0 Å². The van der Waals surface area contributed by atoms with Crippen molar-refractivity contribution in [3.05, 3.63) is 23.4 Å². The number of hydrogen-bond acceptors (Lipinski definition) is 1. The van der Waals surface area contributed by atoms with Crippen molar-refractivity contribution in [3.8, 4) is 0 Å². The number of allylic oxidation sites excluding steroid dienone is 3. The summed E-state index contributed by atoms with van der Waals surface area (Å²) in [7, 11) is 0. The SMILES string of the molecule is CC/C=C1\CCCC\C1=C\N. The van der Waals surface area contributed by atoms with Crippen LogP contribution in [0.5, 0.6) is 0 Å². The fourth-order valence-corrected chi connectivity index (χ4v) is 1.62. The highest BCUT2D eigenvalue weighted by atomic mass is 14.5. The van der Waals surface area contributed by atoms with Crippen LogP contribution in [-0.2, 0) is 0 Å². The third-order valence-corrected chi connectivity index (χ3v) is 2.21. The van der Waals surface area contributed by atoms with E-state index in [0.29, 0.717) is 0 Å². The van der Waals surface area contributed by atoms with Crippen LogP contribution in [0, 0.1) is 0 Å². The molecule has 0 heterocycles. The van der Waals surface area contributed by atoms with E-state index in [1.54, 1.807) is 6.20 Å². The van der Waals surface area contributed by atoms with E-state index in [1.807, 2.05) is 0 Å². The van der Waals surface area contributed by atoms with Crippen molar-refractivity contribution in [2.75, 3.05) is 0 Å². The summed E-state index contributed by atoms with van der Waals surface area (Å²) in [6, 6.07) is 0. The third kappa shape index (κ3) is 2.11. The molecule has 1 fully saturated rings. The molecule has 0 bridgehead atoms. The van der Waals surface area contributed by atoms with Crippen molar-refractivity contribution in [3.63, 3.8) is 0 Å². The van der Waals surface area contributed by atoms with Gasteiger partial charge in [0.2, 0.25) is 0 Å². The Morgan fingerprint density at radius 3 is 2.45 bits per heavy atom. The molecule has 0 unspecified atom stereocenters. The van der Waals surface area contributed by atoms with E-state index in [2.05, 4.69) is 13.0 Å². The maximum Gasteiger partial charge on any atom is -0.00270 e. The molecule has 0 aromatic heterocycles. The second-order valence-corrected chi connectivity index (χ2v) is 3.04. The maximum atomic E-state index is 5.52. The highest BCUT2D eigenvalue weighted by molar-refractivity contribution is 5.31. The first-order valence-electron chi connectivity index (χ1n) is 4.48. The monoisotopic (exact) mass is 151 g/mol. The molecule has 1 aliphatic carbocycles. The Hall–Kier alpha value is -0.720. The molecule has 0 radical (unpaired) electrons. The molecular weight excluding hydrogens is 134 g/mol. The van der Waals surface area contributed by atoms with E-state index in [-0.39, 0.29) is 0 Å². The number of hydrogen-bond donors (Lipinski definition) is 1. The van der Waals surface area contributed by atoms with E-state index < -0.39 is 0 Å². The van der Waals surface area contributed by atoms with Gasteiger partial charge in [-0.3, -0.25) is 0 Å². The fourth-order valence-electron chi connectivity index (χ4n) is 1.62. The van der Waals surface area contributed by atoms with E-state index in [4.69, 9.17) is 5.73 Å². The Labute approximate surface area is 69.0 Å². The van der Waals surface area contributed by atoms with Gasteiger partial charge in [0.1, 0.15) is 0 Å². The van der Waals surface area contributed by atoms with Gasteiger partial charge < -0.3 is 5.73 Å². The minimum atomic E-state index is 1.13. The van der Waals surface area contributed by atoms with Crippen LogP contribution in [0.2, 0.25) is 0 Å². The van der Waals surface area contributed by atoms with Crippen LogP contribution >= 0.6 is 0 Å². The molecule has 1 rings (SSSR count). The van der Waals surface area contributed by atoms with Gasteiger partial charge in [0.25, 0.3) is 0 Å². The molecule has 0 saturated heterocycles. The van der Waals surface area contributed by atoms with Gasteiger partial charge in [-0.2, -0.15) is 0 Å². The maximum absolute atomic E-state index is 5.52. The summed E-state index contributed by atoms with van der Waals surface area (Å²) in [5.74, 6) is 0. The summed E-state index contributed by atoms with van der Waals surface area (Å²) in [5.41, 5.74) is 8.38. The molecule has 0 aromatic rings. The lowest BCUT2D eigenvalue weighted by molar-refractivity contribution is 0.675. The van der Waals surface area contributed by atoms with Crippen LogP contribution in [0.25, 0.3) is 0 Å². The summed E-state index contributed by atoms with van der Waals surface area (Å²) in [5, 5.41) is 0. The zero-order chi connectivity index (χ0) is 8.10. The lowest BCUT2D eigenvalue weighted by atomic mass is 9.89. The molecule has 0 aliphatic heterocycles. The van der Waals surface area contributed by atoms with Gasteiger partial charge in [-0.25, -0.2) is 0 Å². The van der Waals surface area contributed by atoms with Crippen LogP contribution in [0.1, 0.15) is 39.0 Å². The van der Waals surface area contributed by atoms with Crippen LogP contribution in [0.3, 0.4) is 0 Å². The summed E-state index contributed by atoms with van der Waals surface area (Å²) in [4.78, 5) is 0. The molecule has 0 aromatic carbocycles. The van der Waals surface area contributed by atoms with E-state index in [1.165, 1.54) is 36.8 Å². The number of rotatable bonds is 1. The van der Waals surface area contributed by atoms with Gasteiger partial charge in [0.05, 0.1) is 0 Å². The highest BCUT2D eigenvalue weighted by Crippen LogP contribution is 2.27. The predicted molar refractivity (Wildman–Crippen MR) is 49.1 cm³/mol. The first-order chi connectivity index (χ1) is 5.38. The molecule has 1 heteroatoms. The summed E-state index contributed by atoms with van der Waals surface area (Å²) < 4.78 is 0. The lowest BCUT2D eigenvalue weighted by Gasteiger charge is -2.17. The Bertz CT molecular complexity index is 177. The summed E-state index contributed by atoms with van der Waals surface area (Å²) in [6.45, 7) is 2.18. The first kappa shape index (κ1) is 8.38. The summed E-state index contributed by atoms with van der Waals surface area (Å²) in [6.07, 6.45) is 10.3. The average Bonchev–Trinajstić information content (AvgIpc) is 2.06. The van der Waals surface area contributed by atoms with Crippen molar-refractivity contribution in [2.24, 2.45) is 5.73 Å². The van der Waals surface area contributed by atoms with Gasteiger partial charge in [0.15, 0.2) is 0 Å². The van der Waals surface area contributed by atoms with Crippen molar-refractivity contribution in [1.82, 2.24) is 0 Å². The van der Waals surface area contributed by atoms with Gasteiger partial charge >= 0.3 is 0 Å². The van der Waals surface area contributed by atoms with Crippen molar-refractivity contribution in [1.29, 1.82) is 0 Å². The van der Waals surface area contributed by atoms with Crippen molar-refractivity contribution >= 4 is 0 Å². The molecular formula is C10H17N. The van der Waals surface area contributed by atoms with Crippen LogP contribution in [-0.4, -0.2) is 0 Å². The van der Waals surface area contributed by atoms with Crippen LogP contribution in [0.4, 0.5) is 0 Å². The topological polar surface area (TPSA) is 26.0 Å². The molecule has 0 spiro atoms. The zero-order valence-electron chi connectivity index (χ0n) is 7.27. The van der Waals surface area contributed by atoms with Gasteiger partial charge in [-0.05, 0) is 49.5 Å². The molecule has 1 nitrogen and oxygen atoms in total. The minimum absolute atomic E-state index is 1.13. The Balaban J connectivity index is 2.67. The molecule has 0 atom stereocenters. The predicted octanol–water partition coefficient (Wildman–Crippen LogP) is 2.74. The van der Waals surface area contributed by atoms with Crippen molar-refractivity contribution < 1.29 is 0 Å². The standard InChI is InChI=1S/C10H17N/c1-2-5-9-6-3-4-7-10(9)8-11/h5,8H,2-4,6-7,11H2,1H3/b9-5+,10-8-. The normalized spacial score (nSPS) is 26.3. The smallest absolute Gasteiger partial charge is 0.00270 e. The largest absolute Gasteiger partial charge is 0.404 e. The first-order valence-corrected chi connectivity index (χ1v) is 4.48. The van der Waals surface area contributed by atoms with E-state index in [9.17, 15) is 0 Å². The molecule has 1 aliphatic rings. The molecule has 1 saturated carbocycles. The van der Waals surface area contributed by atoms with E-state index in [0.717, 1.165) is 6.42 Å². The van der Waals surface area contributed by atoms with E-state index >= 15 is 0 Å². The zero-order valence-corrected chi connectivity index (χ0v) is 7.27. The number of nitrogens with two attached hydrogens (primary N) is 1. The third-order valence-electron chi connectivity index (χ3n) is 2.21. The van der Waals surface area contributed by atoms with Gasteiger partial charge in [-0.15, -0.1) is 0 Å². The molecule has 2 N–H and O–H groups in total. The van der Waals surface area contributed by atoms with Crippen LogP contribution < -0.4 is 5.73 Å². The Morgan fingerprint density at radius 2 is 1.91 bits per heavy atom. The van der Waals surface area contributed by atoms with Gasteiger partial charge in [-0.1, -0.05) is 13.0 Å². The fraction of sp³-hybridized carbons (Fsp3) is 0.600. The Kier molecular flexibility index (Phi) is 3.21. The lowest BCUT2D eigenvalue weighted by Crippen LogP contribution is -2.00. The molecule has 11 heavy (non-hydrogen) atoms. The average molecular weight is 151 g/mol. The van der Waals surface area contributed by atoms with Crippen LogP contribution in [0.15, 0.2) is 23.4 Å². The molecule has 62 valence electrons.